The van der Waals surface area contributed by atoms with Gasteiger partial charge in [0.15, 0.2) is 0 Å². The Hall–Kier alpha value is -3.47. The van der Waals surface area contributed by atoms with E-state index in [0.717, 1.165) is 23.1 Å². The van der Waals surface area contributed by atoms with Gasteiger partial charge >= 0.3 is 0 Å². The average Bonchev–Trinajstić information content (AvgIpc) is 3.28. The van der Waals surface area contributed by atoms with Gasteiger partial charge in [0.1, 0.15) is 5.82 Å². The van der Waals surface area contributed by atoms with Gasteiger partial charge in [-0.3, -0.25) is 9.59 Å². The number of nitrogens with zero attached hydrogens (tertiary/aromatic N) is 2. The van der Waals surface area contributed by atoms with E-state index in [2.05, 4.69) is 0 Å². The third kappa shape index (κ3) is 4.13. The van der Waals surface area contributed by atoms with Gasteiger partial charge in [0.05, 0.1) is 5.41 Å². The topological polar surface area (TPSA) is 40.6 Å². The van der Waals surface area contributed by atoms with E-state index in [9.17, 15) is 14.0 Å². The Balaban J connectivity index is 1.49. The third-order valence-corrected chi connectivity index (χ3v) is 8.05. The molecule has 0 unspecified atom stereocenters. The number of halogens is 1. The van der Waals surface area contributed by atoms with Gasteiger partial charge in [0.25, 0.3) is 0 Å². The van der Waals surface area contributed by atoms with Crippen LogP contribution in [0.5, 0.6) is 0 Å². The van der Waals surface area contributed by atoms with Crippen LogP contribution in [0.25, 0.3) is 0 Å². The van der Waals surface area contributed by atoms with Crippen molar-refractivity contribution in [3.8, 4) is 0 Å². The van der Waals surface area contributed by atoms with Gasteiger partial charge in [0, 0.05) is 44.4 Å². The number of fused-ring (bicyclic) bond motifs is 1. The van der Waals surface area contributed by atoms with Gasteiger partial charge in [-0.1, -0.05) is 72.8 Å². The Labute approximate surface area is 206 Å². The molecule has 0 bridgehead atoms. The highest BCUT2D eigenvalue weighted by atomic mass is 19.1. The molecule has 2 fully saturated rings. The average molecular weight is 471 g/mol. The summed E-state index contributed by atoms with van der Waals surface area (Å²) in [7, 11) is 0. The summed E-state index contributed by atoms with van der Waals surface area (Å²) in [6.45, 7) is 5.41. The zero-order chi connectivity index (χ0) is 24.6. The molecule has 2 aliphatic rings. The van der Waals surface area contributed by atoms with Crippen LogP contribution in [0.15, 0.2) is 84.9 Å². The Morgan fingerprint density at radius 2 is 1.43 bits per heavy atom. The SMILES string of the molecule is CC(=O)N1C[C@H](c2ccc(F)cc2)[C@H]2CN(C(=O)C(C)(c3ccccc3)c3ccccc3)CC[C@H]21. The van der Waals surface area contributed by atoms with Crippen molar-refractivity contribution >= 4 is 11.8 Å². The van der Waals surface area contributed by atoms with Crippen LogP contribution >= 0.6 is 0 Å². The first-order chi connectivity index (χ1) is 16.9. The fourth-order valence-electron chi connectivity index (χ4n) is 6.12. The van der Waals surface area contributed by atoms with Crippen LogP contribution in [0, 0.1) is 11.7 Å². The van der Waals surface area contributed by atoms with Crippen LogP contribution < -0.4 is 0 Å². The molecule has 2 heterocycles. The molecule has 0 aromatic heterocycles. The number of rotatable bonds is 4. The summed E-state index contributed by atoms with van der Waals surface area (Å²) < 4.78 is 13.6. The molecule has 0 aliphatic carbocycles. The maximum atomic E-state index is 14.3. The molecule has 3 atom stereocenters. The molecular weight excluding hydrogens is 439 g/mol. The number of amides is 2. The standard InChI is InChI=1S/C30H31FN2O2/c1-21(34)33-20-26(22-13-15-25(31)16-14-22)27-19-32(18-17-28(27)33)29(35)30(2,23-9-5-3-6-10-23)24-11-7-4-8-12-24/h3-16,26-28H,17-20H2,1-2H3/t26-,27-,28-/m1/s1. The van der Waals surface area contributed by atoms with Crippen molar-refractivity contribution in [1.82, 2.24) is 9.80 Å². The first kappa shape index (κ1) is 23.3. The van der Waals surface area contributed by atoms with Crippen molar-refractivity contribution in [2.24, 2.45) is 5.92 Å². The predicted molar refractivity (Wildman–Crippen MR) is 134 cm³/mol. The molecule has 0 saturated carbocycles. The van der Waals surface area contributed by atoms with Gasteiger partial charge in [-0.25, -0.2) is 4.39 Å². The highest BCUT2D eigenvalue weighted by Crippen LogP contribution is 2.43. The lowest BCUT2D eigenvalue weighted by Gasteiger charge is -2.43. The second kappa shape index (κ2) is 9.29. The minimum atomic E-state index is -0.820. The van der Waals surface area contributed by atoms with E-state index in [1.54, 1.807) is 6.92 Å². The molecule has 3 aromatic rings. The lowest BCUT2D eigenvalue weighted by Crippen LogP contribution is -2.54. The maximum absolute atomic E-state index is 14.3. The summed E-state index contributed by atoms with van der Waals surface area (Å²) in [5.41, 5.74) is 2.13. The summed E-state index contributed by atoms with van der Waals surface area (Å²) in [5.74, 6) is 0.0431. The Kier molecular flexibility index (Phi) is 6.18. The zero-order valence-corrected chi connectivity index (χ0v) is 20.2. The first-order valence-corrected chi connectivity index (χ1v) is 12.3. The monoisotopic (exact) mass is 470 g/mol. The van der Waals surface area contributed by atoms with E-state index in [4.69, 9.17) is 0 Å². The lowest BCUT2D eigenvalue weighted by atomic mass is 9.74. The highest BCUT2D eigenvalue weighted by Gasteiger charge is 2.49. The Morgan fingerprint density at radius 3 is 1.97 bits per heavy atom. The molecule has 180 valence electrons. The molecule has 35 heavy (non-hydrogen) atoms. The third-order valence-electron chi connectivity index (χ3n) is 8.05. The lowest BCUT2D eigenvalue weighted by molar-refractivity contribution is -0.138. The molecule has 5 heteroatoms. The van der Waals surface area contributed by atoms with Crippen molar-refractivity contribution in [3.05, 3.63) is 107 Å². The van der Waals surface area contributed by atoms with Crippen LogP contribution in [-0.4, -0.2) is 47.3 Å². The number of hydrogen-bond acceptors (Lipinski definition) is 2. The van der Waals surface area contributed by atoms with Crippen molar-refractivity contribution in [2.75, 3.05) is 19.6 Å². The summed E-state index contributed by atoms with van der Waals surface area (Å²) in [4.78, 5) is 30.7. The Bertz CT molecular complexity index is 1160. The van der Waals surface area contributed by atoms with Gasteiger partial charge in [-0.05, 0) is 42.2 Å². The maximum Gasteiger partial charge on any atom is 0.237 e. The van der Waals surface area contributed by atoms with Crippen molar-refractivity contribution < 1.29 is 14.0 Å². The zero-order valence-electron chi connectivity index (χ0n) is 20.2. The quantitative estimate of drug-likeness (QED) is 0.539. The second-order valence-corrected chi connectivity index (χ2v) is 9.96. The van der Waals surface area contributed by atoms with E-state index < -0.39 is 5.41 Å². The number of carbonyl (C=O) groups is 2. The normalized spacial score (nSPS) is 22.1. The van der Waals surface area contributed by atoms with Crippen molar-refractivity contribution in [1.29, 1.82) is 0 Å². The van der Waals surface area contributed by atoms with Crippen molar-refractivity contribution in [2.45, 2.75) is 37.6 Å². The van der Waals surface area contributed by atoms with E-state index in [1.165, 1.54) is 12.1 Å². The molecule has 0 N–H and O–H groups in total. The molecule has 4 nitrogen and oxygen atoms in total. The largest absolute Gasteiger partial charge is 0.341 e. The van der Waals surface area contributed by atoms with E-state index >= 15 is 0 Å². The first-order valence-electron chi connectivity index (χ1n) is 12.3. The van der Waals surface area contributed by atoms with E-state index in [1.807, 2.05) is 89.5 Å². The smallest absolute Gasteiger partial charge is 0.237 e. The number of piperidine rings is 1. The molecule has 2 amide bonds. The number of benzene rings is 3. The fraction of sp³-hybridized carbons (Fsp3) is 0.333. The van der Waals surface area contributed by atoms with Crippen LogP contribution in [0.4, 0.5) is 4.39 Å². The molecule has 5 rings (SSSR count). The van der Waals surface area contributed by atoms with Crippen LogP contribution in [-0.2, 0) is 15.0 Å². The molecule has 2 aliphatic heterocycles. The van der Waals surface area contributed by atoms with Crippen LogP contribution in [0.3, 0.4) is 0 Å². The molecular formula is C30H31FN2O2. The molecule has 0 spiro atoms. The predicted octanol–water partition coefficient (Wildman–Crippen LogP) is 4.99. The minimum absolute atomic E-state index is 0.0581. The van der Waals surface area contributed by atoms with Gasteiger partial charge in [0.2, 0.25) is 11.8 Å². The van der Waals surface area contributed by atoms with Gasteiger partial charge < -0.3 is 9.80 Å². The molecule has 0 radical (unpaired) electrons. The summed E-state index contributed by atoms with van der Waals surface area (Å²) in [5, 5.41) is 0. The van der Waals surface area contributed by atoms with Crippen LogP contribution in [0.2, 0.25) is 0 Å². The second-order valence-electron chi connectivity index (χ2n) is 9.96. The van der Waals surface area contributed by atoms with E-state index in [-0.39, 0.29) is 35.5 Å². The van der Waals surface area contributed by atoms with Crippen LogP contribution in [0.1, 0.15) is 42.9 Å². The number of hydrogen-bond donors (Lipinski definition) is 0. The summed E-state index contributed by atoms with van der Waals surface area (Å²) >= 11 is 0. The summed E-state index contributed by atoms with van der Waals surface area (Å²) in [6.07, 6.45) is 0.743. The highest BCUT2D eigenvalue weighted by molar-refractivity contribution is 5.92. The minimum Gasteiger partial charge on any atom is -0.341 e. The van der Waals surface area contributed by atoms with Gasteiger partial charge in [-0.15, -0.1) is 0 Å². The van der Waals surface area contributed by atoms with E-state index in [0.29, 0.717) is 19.6 Å². The number of likely N-dealkylation sites (tertiary alicyclic amines) is 2. The summed E-state index contributed by atoms with van der Waals surface area (Å²) in [6, 6.07) is 26.6. The van der Waals surface area contributed by atoms with Crippen molar-refractivity contribution in [3.63, 3.8) is 0 Å². The number of carbonyl (C=O) groups excluding carboxylic acids is 2. The molecule has 3 aromatic carbocycles. The molecule has 2 saturated heterocycles. The fourth-order valence-corrected chi connectivity index (χ4v) is 6.12. The Morgan fingerprint density at radius 1 is 0.857 bits per heavy atom. The van der Waals surface area contributed by atoms with Gasteiger partial charge in [-0.2, -0.15) is 0 Å².